The molecule has 0 spiro atoms. The van der Waals surface area contributed by atoms with Crippen LogP contribution in [0.4, 0.5) is 5.69 Å². The molecule has 116 valence electrons. The maximum atomic E-state index is 8.99. The third kappa shape index (κ3) is 3.44. The Balaban J connectivity index is 0.00000192. The van der Waals surface area contributed by atoms with Crippen LogP contribution in [0.1, 0.15) is 22.3 Å². The quantitative estimate of drug-likeness (QED) is 0.756. The third-order valence-electron chi connectivity index (χ3n) is 3.97. The molecule has 0 amide bonds. The summed E-state index contributed by atoms with van der Waals surface area (Å²) in [6, 6.07) is 16.1. The third-order valence-corrected chi connectivity index (χ3v) is 3.97. The molecule has 0 saturated heterocycles. The van der Waals surface area contributed by atoms with Crippen LogP contribution >= 0.6 is 12.4 Å². The molecule has 0 atom stereocenters. The van der Waals surface area contributed by atoms with Crippen molar-refractivity contribution in [3.8, 4) is 6.07 Å². The van der Waals surface area contributed by atoms with Gasteiger partial charge in [-0.3, -0.25) is 4.98 Å². The smallest absolute Gasteiger partial charge is 0.0992 e. The van der Waals surface area contributed by atoms with Crippen molar-refractivity contribution in [1.29, 1.82) is 5.26 Å². The fourth-order valence-corrected chi connectivity index (χ4v) is 2.68. The lowest BCUT2D eigenvalue weighted by molar-refractivity contribution is 1.09. The highest BCUT2D eigenvalue weighted by atomic mass is 35.5. The van der Waals surface area contributed by atoms with E-state index in [4.69, 9.17) is 5.26 Å². The Bertz CT molecular complexity index is 861. The standard InChI is InChI=1S/C19H17N3.ClH/c1-13-4-3-5-14(2)17(13)12-22-18-8-9-21-19-10-15(11-20)6-7-16(18)19;/h3-10H,12H2,1-2H3,(H,21,22);1H. The van der Waals surface area contributed by atoms with E-state index in [1.807, 2.05) is 24.3 Å². The second-order valence-electron chi connectivity index (χ2n) is 5.43. The summed E-state index contributed by atoms with van der Waals surface area (Å²) in [7, 11) is 0. The van der Waals surface area contributed by atoms with E-state index < -0.39 is 0 Å². The number of halogens is 1. The van der Waals surface area contributed by atoms with Crippen LogP contribution in [0, 0.1) is 25.2 Å². The van der Waals surface area contributed by atoms with Gasteiger partial charge in [0.05, 0.1) is 17.1 Å². The number of pyridine rings is 1. The molecule has 1 aromatic heterocycles. The van der Waals surface area contributed by atoms with Crippen molar-refractivity contribution in [2.24, 2.45) is 0 Å². The molecule has 3 nitrogen and oxygen atoms in total. The van der Waals surface area contributed by atoms with E-state index in [1.165, 1.54) is 16.7 Å². The summed E-state index contributed by atoms with van der Waals surface area (Å²) in [5, 5.41) is 13.5. The number of nitriles is 1. The molecule has 0 aliphatic carbocycles. The lowest BCUT2D eigenvalue weighted by atomic mass is 10.0. The minimum Gasteiger partial charge on any atom is -0.380 e. The predicted octanol–water partition coefficient (Wildman–Crippen LogP) is 4.76. The lowest BCUT2D eigenvalue weighted by Crippen LogP contribution is -2.04. The molecule has 23 heavy (non-hydrogen) atoms. The number of aromatic nitrogens is 1. The second kappa shape index (κ2) is 7.13. The maximum absolute atomic E-state index is 8.99. The van der Waals surface area contributed by atoms with E-state index in [-0.39, 0.29) is 12.4 Å². The minimum atomic E-state index is 0. The predicted molar refractivity (Wildman–Crippen MR) is 96.9 cm³/mol. The van der Waals surface area contributed by atoms with Gasteiger partial charge in [-0.25, -0.2) is 0 Å². The molecule has 0 fully saturated rings. The SMILES string of the molecule is Cc1cccc(C)c1CNc1ccnc2cc(C#N)ccc12.Cl. The van der Waals surface area contributed by atoms with Gasteiger partial charge in [-0.2, -0.15) is 5.26 Å². The number of fused-ring (bicyclic) bond motifs is 1. The van der Waals surface area contributed by atoms with Crippen molar-refractivity contribution < 1.29 is 0 Å². The van der Waals surface area contributed by atoms with Crippen LogP contribution in [-0.4, -0.2) is 4.98 Å². The average molecular weight is 324 g/mol. The summed E-state index contributed by atoms with van der Waals surface area (Å²) in [6.45, 7) is 5.04. The first-order valence-electron chi connectivity index (χ1n) is 7.27. The van der Waals surface area contributed by atoms with Gasteiger partial charge >= 0.3 is 0 Å². The van der Waals surface area contributed by atoms with Gasteiger partial charge in [-0.05, 0) is 54.8 Å². The first-order chi connectivity index (χ1) is 10.7. The molecule has 2 aromatic carbocycles. The summed E-state index contributed by atoms with van der Waals surface area (Å²) in [6.07, 6.45) is 1.77. The van der Waals surface area contributed by atoms with E-state index in [0.29, 0.717) is 5.56 Å². The normalized spacial score (nSPS) is 9.96. The highest BCUT2D eigenvalue weighted by Gasteiger charge is 2.05. The molecule has 0 aliphatic heterocycles. The zero-order valence-electron chi connectivity index (χ0n) is 13.1. The molecule has 0 aliphatic rings. The van der Waals surface area contributed by atoms with Gasteiger partial charge in [-0.15, -0.1) is 12.4 Å². The number of benzene rings is 2. The molecule has 0 unspecified atom stereocenters. The fourth-order valence-electron chi connectivity index (χ4n) is 2.68. The molecule has 3 rings (SSSR count). The first-order valence-corrected chi connectivity index (χ1v) is 7.27. The van der Waals surface area contributed by atoms with Crippen molar-refractivity contribution in [3.05, 3.63) is 70.9 Å². The van der Waals surface area contributed by atoms with Crippen LogP contribution < -0.4 is 5.32 Å². The van der Waals surface area contributed by atoms with Crippen molar-refractivity contribution in [2.45, 2.75) is 20.4 Å². The monoisotopic (exact) mass is 323 g/mol. The molecule has 0 bridgehead atoms. The van der Waals surface area contributed by atoms with Crippen molar-refractivity contribution in [2.75, 3.05) is 5.32 Å². The molecule has 1 N–H and O–H groups in total. The maximum Gasteiger partial charge on any atom is 0.0992 e. The van der Waals surface area contributed by atoms with Crippen LogP contribution in [0.15, 0.2) is 48.7 Å². The van der Waals surface area contributed by atoms with Crippen LogP contribution in [0.2, 0.25) is 0 Å². The van der Waals surface area contributed by atoms with Crippen LogP contribution in [-0.2, 0) is 6.54 Å². The van der Waals surface area contributed by atoms with Crippen molar-refractivity contribution in [3.63, 3.8) is 0 Å². The van der Waals surface area contributed by atoms with Gasteiger partial charge in [0.25, 0.3) is 0 Å². The van der Waals surface area contributed by atoms with Crippen LogP contribution in [0.25, 0.3) is 10.9 Å². The van der Waals surface area contributed by atoms with E-state index in [2.05, 4.69) is 48.4 Å². The van der Waals surface area contributed by atoms with E-state index in [9.17, 15) is 0 Å². The average Bonchev–Trinajstić information content (AvgIpc) is 2.54. The minimum absolute atomic E-state index is 0. The van der Waals surface area contributed by atoms with Crippen LogP contribution in [0.3, 0.4) is 0 Å². The molecule has 3 aromatic rings. The van der Waals surface area contributed by atoms with Gasteiger partial charge in [0.15, 0.2) is 0 Å². The number of nitrogens with zero attached hydrogens (tertiary/aromatic N) is 2. The van der Waals surface area contributed by atoms with E-state index in [1.54, 1.807) is 6.20 Å². The second-order valence-corrected chi connectivity index (χ2v) is 5.43. The number of rotatable bonds is 3. The van der Waals surface area contributed by atoms with Crippen molar-refractivity contribution in [1.82, 2.24) is 4.98 Å². The molecular formula is C19H18ClN3. The molecule has 1 heterocycles. The van der Waals surface area contributed by atoms with Crippen molar-refractivity contribution >= 4 is 29.0 Å². The summed E-state index contributed by atoms with van der Waals surface area (Å²) < 4.78 is 0. The number of hydrogen-bond donors (Lipinski definition) is 1. The largest absolute Gasteiger partial charge is 0.380 e. The van der Waals surface area contributed by atoms with E-state index in [0.717, 1.165) is 23.1 Å². The summed E-state index contributed by atoms with van der Waals surface area (Å²) in [4.78, 5) is 4.35. The Kier molecular flexibility index (Phi) is 5.20. The van der Waals surface area contributed by atoms with Gasteiger partial charge < -0.3 is 5.32 Å². The number of nitrogens with one attached hydrogen (secondary N) is 1. The molecule has 0 radical (unpaired) electrons. The summed E-state index contributed by atoms with van der Waals surface area (Å²) in [5.74, 6) is 0. The Morgan fingerprint density at radius 1 is 1.09 bits per heavy atom. The van der Waals surface area contributed by atoms with Crippen LogP contribution in [0.5, 0.6) is 0 Å². The van der Waals surface area contributed by atoms with Gasteiger partial charge in [0.2, 0.25) is 0 Å². The topological polar surface area (TPSA) is 48.7 Å². The van der Waals surface area contributed by atoms with Gasteiger partial charge in [0.1, 0.15) is 0 Å². The number of aryl methyl sites for hydroxylation is 2. The molecule has 0 saturated carbocycles. The fraction of sp³-hybridized carbons (Fsp3) is 0.158. The Hall–Kier alpha value is -2.57. The lowest BCUT2D eigenvalue weighted by Gasteiger charge is -2.13. The number of anilines is 1. The molecule has 4 heteroatoms. The van der Waals surface area contributed by atoms with Gasteiger partial charge in [0, 0.05) is 23.8 Å². The van der Waals surface area contributed by atoms with E-state index >= 15 is 0 Å². The highest BCUT2D eigenvalue weighted by Crippen LogP contribution is 2.24. The number of hydrogen-bond acceptors (Lipinski definition) is 3. The zero-order valence-corrected chi connectivity index (χ0v) is 13.9. The zero-order chi connectivity index (χ0) is 15.5. The molecular weight excluding hydrogens is 306 g/mol. The summed E-state index contributed by atoms with van der Waals surface area (Å²) in [5.41, 5.74) is 6.41. The Morgan fingerprint density at radius 3 is 2.52 bits per heavy atom. The first kappa shape index (κ1) is 16.8. The Labute approximate surface area is 142 Å². The summed E-state index contributed by atoms with van der Waals surface area (Å²) >= 11 is 0. The van der Waals surface area contributed by atoms with Gasteiger partial charge in [-0.1, -0.05) is 18.2 Å². The highest BCUT2D eigenvalue weighted by molar-refractivity contribution is 5.91. The Morgan fingerprint density at radius 2 is 1.83 bits per heavy atom.